The molecule has 23 heavy (non-hydrogen) atoms. The van der Waals surface area contributed by atoms with Gasteiger partial charge in [-0.1, -0.05) is 34.6 Å². The monoisotopic (exact) mass is 316 g/mol. The van der Waals surface area contributed by atoms with Crippen LogP contribution in [0.4, 0.5) is 5.82 Å². The molecule has 0 unspecified atom stereocenters. The molecule has 2 aromatic heterocycles. The van der Waals surface area contributed by atoms with Crippen LogP contribution in [0.3, 0.4) is 0 Å². The van der Waals surface area contributed by atoms with E-state index in [4.69, 9.17) is 5.10 Å². The highest BCUT2D eigenvalue weighted by molar-refractivity contribution is 5.48. The lowest BCUT2D eigenvalue weighted by Gasteiger charge is -2.45. The van der Waals surface area contributed by atoms with Gasteiger partial charge in [-0.05, 0) is 25.1 Å². The van der Waals surface area contributed by atoms with E-state index in [1.807, 2.05) is 10.6 Å². The quantitative estimate of drug-likeness (QED) is 0.865. The lowest BCUT2D eigenvalue weighted by atomic mass is 9.96. The highest BCUT2D eigenvalue weighted by Gasteiger charge is 2.31. The van der Waals surface area contributed by atoms with Crippen LogP contribution in [0, 0.1) is 5.92 Å². The molecule has 1 aliphatic rings. The topological polar surface area (TPSA) is 49.6 Å². The van der Waals surface area contributed by atoms with Crippen LogP contribution in [0.25, 0.3) is 5.65 Å². The third kappa shape index (κ3) is 3.17. The molecule has 3 rings (SSSR count). The van der Waals surface area contributed by atoms with E-state index in [1.165, 1.54) is 0 Å². The molecule has 1 fully saturated rings. The van der Waals surface area contributed by atoms with Crippen molar-refractivity contribution in [3.63, 3.8) is 0 Å². The molecule has 0 N–H and O–H groups in total. The van der Waals surface area contributed by atoms with Crippen LogP contribution in [-0.4, -0.2) is 57.4 Å². The van der Waals surface area contributed by atoms with Crippen molar-refractivity contribution in [2.45, 2.75) is 46.1 Å². The molecular weight excluding hydrogens is 288 g/mol. The molecule has 1 saturated heterocycles. The molecule has 2 aromatic rings. The van der Waals surface area contributed by atoms with Crippen LogP contribution in [0.2, 0.25) is 0 Å². The molecule has 0 atom stereocenters. The van der Waals surface area contributed by atoms with Crippen molar-refractivity contribution in [2.24, 2.45) is 5.92 Å². The SMILES string of the molecule is CC(C)CN(C)C1CN(c2ccc3nnc(C(C)(C)C)n3n2)C1. The lowest BCUT2D eigenvalue weighted by molar-refractivity contribution is 0.185. The first-order chi connectivity index (χ1) is 10.8. The van der Waals surface area contributed by atoms with Crippen LogP contribution < -0.4 is 4.90 Å². The van der Waals surface area contributed by atoms with Crippen LogP contribution >= 0.6 is 0 Å². The minimum absolute atomic E-state index is 0.0694. The summed E-state index contributed by atoms with van der Waals surface area (Å²) in [5.41, 5.74) is 0.743. The molecule has 0 saturated carbocycles. The van der Waals surface area contributed by atoms with Gasteiger partial charge in [-0.3, -0.25) is 4.90 Å². The van der Waals surface area contributed by atoms with Crippen LogP contribution in [0.1, 0.15) is 40.4 Å². The molecule has 0 bridgehead atoms. The summed E-state index contributed by atoms with van der Waals surface area (Å²) in [6.07, 6.45) is 0. The third-order valence-electron chi connectivity index (χ3n) is 4.38. The molecule has 1 aliphatic heterocycles. The zero-order valence-electron chi connectivity index (χ0n) is 15.1. The van der Waals surface area contributed by atoms with E-state index in [-0.39, 0.29) is 5.41 Å². The number of rotatable bonds is 4. The number of fused-ring (bicyclic) bond motifs is 1. The summed E-state index contributed by atoms with van der Waals surface area (Å²) in [5, 5.41) is 13.3. The molecule has 3 heterocycles. The molecule has 0 aromatic carbocycles. The summed E-state index contributed by atoms with van der Waals surface area (Å²) >= 11 is 0. The van der Waals surface area contributed by atoms with Crippen LogP contribution in [0.15, 0.2) is 12.1 Å². The Bertz CT molecular complexity index is 678. The summed E-state index contributed by atoms with van der Waals surface area (Å²) in [4.78, 5) is 4.78. The first kappa shape index (κ1) is 16.2. The van der Waals surface area contributed by atoms with Crippen molar-refractivity contribution >= 4 is 11.5 Å². The number of aromatic nitrogens is 4. The summed E-state index contributed by atoms with van der Waals surface area (Å²) in [7, 11) is 2.22. The Labute approximate surface area is 138 Å². The minimum atomic E-state index is -0.0694. The van der Waals surface area contributed by atoms with Gasteiger partial charge in [0.05, 0.1) is 0 Å². The fourth-order valence-electron chi connectivity index (χ4n) is 3.06. The fraction of sp³-hybridized carbons (Fsp3) is 0.706. The molecule has 0 aliphatic carbocycles. The predicted molar refractivity (Wildman–Crippen MR) is 93.0 cm³/mol. The molecule has 0 amide bonds. The van der Waals surface area contributed by atoms with E-state index in [1.54, 1.807) is 0 Å². The zero-order chi connectivity index (χ0) is 16.8. The molecule has 126 valence electrons. The molecule has 0 spiro atoms. The third-order valence-corrected chi connectivity index (χ3v) is 4.38. The second-order valence-corrected chi connectivity index (χ2v) is 8.13. The van der Waals surface area contributed by atoms with Gasteiger partial charge in [0, 0.05) is 31.1 Å². The van der Waals surface area contributed by atoms with Crippen molar-refractivity contribution < 1.29 is 0 Å². The van der Waals surface area contributed by atoms with Crippen LogP contribution in [0.5, 0.6) is 0 Å². The molecule has 6 heteroatoms. The minimum Gasteiger partial charge on any atom is -0.352 e. The van der Waals surface area contributed by atoms with Gasteiger partial charge >= 0.3 is 0 Å². The summed E-state index contributed by atoms with van der Waals surface area (Å²) in [6.45, 7) is 14.2. The normalized spacial score (nSPS) is 16.6. The number of nitrogens with zero attached hydrogens (tertiary/aromatic N) is 6. The standard InChI is InChI=1S/C17H28N6/c1-12(2)9-21(6)13-10-22(11-13)15-8-7-14-18-19-16(17(3,4)5)23(14)20-15/h7-8,12-13H,9-11H2,1-6H3. The predicted octanol–water partition coefficient (Wildman–Crippen LogP) is 2.20. The van der Waals surface area contributed by atoms with Crippen molar-refractivity contribution in [1.29, 1.82) is 0 Å². The van der Waals surface area contributed by atoms with Crippen molar-refractivity contribution in [3.8, 4) is 0 Å². The second kappa shape index (κ2) is 5.74. The highest BCUT2D eigenvalue weighted by atomic mass is 15.4. The Kier molecular flexibility index (Phi) is 4.04. The average molecular weight is 316 g/mol. The van der Waals surface area contributed by atoms with Gasteiger partial charge in [0.1, 0.15) is 5.82 Å². The van der Waals surface area contributed by atoms with Gasteiger partial charge in [-0.25, -0.2) is 0 Å². The van der Waals surface area contributed by atoms with Crippen molar-refractivity contribution in [1.82, 2.24) is 24.7 Å². The number of hydrogen-bond acceptors (Lipinski definition) is 5. The van der Waals surface area contributed by atoms with E-state index in [9.17, 15) is 0 Å². The Hall–Kier alpha value is -1.69. The largest absolute Gasteiger partial charge is 0.352 e. The number of hydrogen-bond donors (Lipinski definition) is 0. The zero-order valence-corrected chi connectivity index (χ0v) is 15.1. The summed E-state index contributed by atoms with van der Waals surface area (Å²) in [5.74, 6) is 2.62. The van der Waals surface area contributed by atoms with Gasteiger partial charge in [0.2, 0.25) is 0 Å². The van der Waals surface area contributed by atoms with Gasteiger partial charge in [-0.15, -0.1) is 15.3 Å². The lowest BCUT2D eigenvalue weighted by Crippen LogP contribution is -2.59. The smallest absolute Gasteiger partial charge is 0.178 e. The summed E-state index contributed by atoms with van der Waals surface area (Å²) in [6, 6.07) is 4.68. The number of likely N-dealkylation sites (N-methyl/N-ethyl adjacent to an activating group) is 1. The van der Waals surface area contributed by atoms with E-state index < -0.39 is 0 Å². The Balaban J connectivity index is 1.75. The Morgan fingerprint density at radius 1 is 1.22 bits per heavy atom. The van der Waals surface area contributed by atoms with Gasteiger partial charge in [-0.2, -0.15) is 4.52 Å². The van der Waals surface area contributed by atoms with E-state index in [2.05, 4.69) is 67.7 Å². The van der Waals surface area contributed by atoms with Gasteiger partial charge < -0.3 is 4.90 Å². The number of anilines is 1. The molecular formula is C17H28N6. The van der Waals surface area contributed by atoms with E-state index >= 15 is 0 Å². The Morgan fingerprint density at radius 3 is 2.52 bits per heavy atom. The second-order valence-electron chi connectivity index (χ2n) is 8.13. The maximum Gasteiger partial charge on any atom is 0.178 e. The summed E-state index contributed by atoms with van der Waals surface area (Å²) < 4.78 is 1.89. The first-order valence-electron chi connectivity index (χ1n) is 8.44. The fourth-order valence-corrected chi connectivity index (χ4v) is 3.06. The van der Waals surface area contributed by atoms with Crippen LogP contribution in [-0.2, 0) is 5.41 Å². The molecule has 0 radical (unpaired) electrons. The maximum absolute atomic E-state index is 4.78. The molecule has 6 nitrogen and oxygen atoms in total. The van der Waals surface area contributed by atoms with E-state index in [0.717, 1.165) is 36.9 Å². The van der Waals surface area contributed by atoms with Gasteiger partial charge in [0.15, 0.2) is 11.5 Å². The van der Waals surface area contributed by atoms with Crippen molar-refractivity contribution in [3.05, 3.63) is 18.0 Å². The first-order valence-corrected chi connectivity index (χ1v) is 8.44. The highest BCUT2D eigenvalue weighted by Crippen LogP contribution is 2.24. The maximum atomic E-state index is 4.78. The van der Waals surface area contributed by atoms with E-state index in [0.29, 0.717) is 12.0 Å². The average Bonchev–Trinajstić information content (AvgIpc) is 2.78. The van der Waals surface area contributed by atoms with Crippen molar-refractivity contribution in [2.75, 3.05) is 31.6 Å². The van der Waals surface area contributed by atoms with Gasteiger partial charge in [0.25, 0.3) is 0 Å². The Morgan fingerprint density at radius 2 is 1.91 bits per heavy atom.